The second kappa shape index (κ2) is 10.8. The summed E-state index contributed by atoms with van der Waals surface area (Å²) >= 11 is 1.39. The summed E-state index contributed by atoms with van der Waals surface area (Å²) in [5, 5.41) is 24.7. The molecule has 0 radical (unpaired) electrons. The Balaban J connectivity index is 0.00000169. The molecular formula is C16H27Cl2N3O4S. The van der Waals surface area contributed by atoms with Gasteiger partial charge in [-0.1, -0.05) is 6.07 Å². The van der Waals surface area contributed by atoms with Crippen LogP contribution in [0.3, 0.4) is 0 Å². The maximum Gasteiger partial charge on any atom is 0.261 e. The maximum atomic E-state index is 12.1. The molecule has 0 aromatic carbocycles. The van der Waals surface area contributed by atoms with Crippen LogP contribution < -0.4 is 5.32 Å². The molecule has 1 aromatic rings. The molecule has 2 saturated heterocycles. The van der Waals surface area contributed by atoms with Gasteiger partial charge in [-0.15, -0.1) is 36.2 Å². The minimum Gasteiger partial charge on any atom is -0.394 e. The molecule has 0 saturated carbocycles. The summed E-state index contributed by atoms with van der Waals surface area (Å²) in [6.07, 6.45) is -1.68. The first-order chi connectivity index (χ1) is 11.6. The van der Waals surface area contributed by atoms with Gasteiger partial charge in [-0.2, -0.15) is 0 Å². The van der Waals surface area contributed by atoms with Crippen molar-refractivity contribution in [1.82, 2.24) is 15.1 Å². The summed E-state index contributed by atoms with van der Waals surface area (Å²) in [5.41, 5.74) is 0. The molecule has 150 valence electrons. The van der Waals surface area contributed by atoms with Crippen LogP contribution in [0.15, 0.2) is 17.5 Å². The fourth-order valence-electron chi connectivity index (χ4n) is 3.40. The van der Waals surface area contributed by atoms with E-state index in [4.69, 9.17) is 4.74 Å². The Morgan fingerprint density at radius 3 is 2.58 bits per heavy atom. The van der Waals surface area contributed by atoms with Gasteiger partial charge in [-0.25, -0.2) is 0 Å². The Morgan fingerprint density at radius 2 is 2.00 bits per heavy atom. The predicted molar refractivity (Wildman–Crippen MR) is 106 cm³/mol. The van der Waals surface area contributed by atoms with Gasteiger partial charge < -0.3 is 25.2 Å². The average molecular weight is 428 g/mol. The van der Waals surface area contributed by atoms with Crippen molar-refractivity contribution >= 4 is 42.1 Å². The molecule has 7 nitrogen and oxygen atoms in total. The standard InChI is InChI=1S/C16H25N3O4S.2ClH/c1-18-4-6-19(7-5-18)14-11(23-12(10-20)15(14)21)9-17-16(22)13-3-2-8-24-13;;/h2-3,8,11-12,14-15,20-21H,4-7,9-10H2,1H3,(H,17,22);2*1H/t11-,12+,14+,15-;;/m1../s1. The van der Waals surface area contributed by atoms with Crippen molar-refractivity contribution in [2.75, 3.05) is 46.4 Å². The molecule has 2 aliphatic rings. The van der Waals surface area contributed by atoms with Crippen LogP contribution in [-0.4, -0.2) is 96.7 Å². The van der Waals surface area contributed by atoms with E-state index in [2.05, 4.69) is 22.2 Å². The van der Waals surface area contributed by atoms with E-state index in [0.29, 0.717) is 11.4 Å². The van der Waals surface area contributed by atoms with Crippen LogP contribution in [0.2, 0.25) is 0 Å². The lowest BCUT2D eigenvalue weighted by Crippen LogP contribution is -2.56. The Labute approximate surface area is 170 Å². The minimum atomic E-state index is -0.748. The smallest absolute Gasteiger partial charge is 0.261 e. The quantitative estimate of drug-likeness (QED) is 0.615. The SMILES string of the molecule is CN1CCN([C@@H]2[C@H](O)[C@H](CO)O[C@@H]2CNC(=O)c2cccs2)CC1.Cl.Cl. The summed E-state index contributed by atoms with van der Waals surface area (Å²) < 4.78 is 5.82. The molecule has 10 heteroatoms. The van der Waals surface area contributed by atoms with Gasteiger partial charge in [-0.3, -0.25) is 9.69 Å². The van der Waals surface area contributed by atoms with Gasteiger partial charge in [0.1, 0.15) is 12.2 Å². The van der Waals surface area contributed by atoms with Crippen molar-refractivity contribution in [3.63, 3.8) is 0 Å². The van der Waals surface area contributed by atoms with E-state index >= 15 is 0 Å². The van der Waals surface area contributed by atoms with E-state index < -0.39 is 12.2 Å². The molecule has 3 heterocycles. The lowest BCUT2D eigenvalue weighted by molar-refractivity contribution is -0.0209. The second-order valence-corrected chi connectivity index (χ2v) is 7.35. The van der Waals surface area contributed by atoms with Gasteiger partial charge in [0.05, 0.1) is 23.6 Å². The van der Waals surface area contributed by atoms with Gasteiger partial charge in [-0.05, 0) is 18.5 Å². The first kappa shape index (κ1) is 23.6. The van der Waals surface area contributed by atoms with Crippen LogP contribution in [0.5, 0.6) is 0 Å². The Morgan fingerprint density at radius 1 is 1.31 bits per heavy atom. The third kappa shape index (κ3) is 5.30. The van der Waals surface area contributed by atoms with Crippen molar-refractivity contribution < 1.29 is 19.7 Å². The fraction of sp³-hybridized carbons (Fsp3) is 0.688. The monoisotopic (exact) mass is 427 g/mol. The lowest BCUT2D eigenvalue weighted by atomic mass is 10.0. The third-order valence-electron chi connectivity index (χ3n) is 4.81. The number of ether oxygens (including phenoxy) is 1. The Bertz CT molecular complexity index is 544. The number of piperazine rings is 1. The summed E-state index contributed by atoms with van der Waals surface area (Å²) in [4.78, 5) is 17.2. The molecule has 0 bridgehead atoms. The zero-order chi connectivity index (χ0) is 17.1. The van der Waals surface area contributed by atoms with Crippen LogP contribution in [0.1, 0.15) is 9.67 Å². The molecule has 26 heavy (non-hydrogen) atoms. The molecule has 2 aliphatic heterocycles. The van der Waals surface area contributed by atoms with E-state index in [1.807, 2.05) is 11.4 Å². The van der Waals surface area contributed by atoms with Crippen LogP contribution >= 0.6 is 36.2 Å². The van der Waals surface area contributed by atoms with Gasteiger partial charge >= 0.3 is 0 Å². The summed E-state index contributed by atoms with van der Waals surface area (Å²) in [6.45, 7) is 3.65. The number of aliphatic hydroxyl groups excluding tert-OH is 2. The maximum absolute atomic E-state index is 12.1. The second-order valence-electron chi connectivity index (χ2n) is 6.40. The number of carbonyl (C=O) groups excluding carboxylic acids is 1. The van der Waals surface area contributed by atoms with Crippen LogP contribution in [0, 0.1) is 0 Å². The number of rotatable bonds is 5. The predicted octanol–water partition coefficient (Wildman–Crippen LogP) is 0.0581. The number of likely N-dealkylation sites (N-methyl/N-ethyl adjacent to an activating group) is 1. The highest BCUT2D eigenvalue weighted by molar-refractivity contribution is 7.12. The topological polar surface area (TPSA) is 85.3 Å². The molecule has 0 unspecified atom stereocenters. The van der Waals surface area contributed by atoms with Crippen molar-refractivity contribution in [1.29, 1.82) is 0 Å². The number of hydrogen-bond acceptors (Lipinski definition) is 7. The van der Waals surface area contributed by atoms with E-state index in [0.717, 1.165) is 26.2 Å². The molecule has 3 rings (SSSR count). The number of aliphatic hydroxyl groups is 2. The highest BCUT2D eigenvalue weighted by atomic mass is 35.5. The van der Waals surface area contributed by atoms with E-state index in [-0.39, 0.29) is 49.5 Å². The van der Waals surface area contributed by atoms with E-state index in [1.165, 1.54) is 11.3 Å². The van der Waals surface area contributed by atoms with Gasteiger partial charge in [0.15, 0.2) is 0 Å². The molecule has 0 aliphatic carbocycles. The third-order valence-corrected chi connectivity index (χ3v) is 5.68. The number of hydrogen-bond donors (Lipinski definition) is 3. The summed E-state index contributed by atoms with van der Waals surface area (Å²) in [7, 11) is 2.08. The number of halogens is 2. The number of nitrogens with one attached hydrogen (secondary N) is 1. The largest absolute Gasteiger partial charge is 0.394 e. The number of nitrogens with zero attached hydrogens (tertiary/aromatic N) is 2. The highest BCUT2D eigenvalue weighted by Crippen LogP contribution is 2.26. The Hall–Kier alpha value is -0.450. The van der Waals surface area contributed by atoms with Crippen molar-refractivity contribution in [3.05, 3.63) is 22.4 Å². The fourth-order valence-corrected chi connectivity index (χ4v) is 4.04. The molecular weight excluding hydrogens is 401 g/mol. The van der Waals surface area contributed by atoms with Gasteiger partial charge in [0.2, 0.25) is 0 Å². The average Bonchev–Trinajstić information content (AvgIpc) is 3.22. The lowest BCUT2D eigenvalue weighted by Gasteiger charge is -2.39. The number of amides is 1. The van der Waals surface area contributed by atoms with Crippen LogP contribution in [-0.2, 0) is 4.74 Å². The molecule has 2 fully saturated rings. The van der Waals surface area contributed by atoms with Crippen LogP contribution in [0.25, 0.3) is 0 Å². The summed E-state index contributed by atoms with van der Waals surface area (Å²) in [6, 6.07) is 3.41. The summed E-state index contributed by atoms with van der Waals surface area (Å²) in [5.74, 6) is -0.132. The van der Waals surface area contributed by atoms with Crippen molar-refractivity contribution in [3.8, 4) is 0 Å². The molecule has 1 aromatic heterocycles. The first-order valence-corrected chi connectivity index (χ1v) is 9.17. The zero-order valence-corrected chi connectivity index (χ0v) is 17.1. The van der Waals surface area contributed by atoms with Gasteiger partial charge in [0.25, 0.3) is 5.91 Å². The van der Waals surface area contributed by atoms with Crippen molar-refractivity contribution in [2.45, 2.75) is 24.4 Å². The molecule has 0 spiro atoms. The number of thiophene rings is 1. The first-order valence-electron chi connectivity index (χ1n) is 8.29. The van der Waals surface area contributed by atoms with E-state index in [9.17, 15) is 15.0 Å². The number of carbonyl (C=O) groups is 1. The van der Waals surface area contributed by atoms with Crippen LogP contribution in [0.4, 0.5) is 0 Å². The van der Waals surface area contributed by atoms with E-state index in [1.54, 1.807) is 6.07 Å². The zero-order valence-electron chi connectivity index (χ0n) is 14.6. The molecule has 4 atom stereocenters. The normalized spacial score (nSPS) is 29.7. The highest BCUT2D eigenvalue weighted by Gasteiger charge is 2.46. The van der Waals surface area contributed by atoms with Gasteiger partial charge in [0, 0.05) is 32.7 Å². The van der Waals surface area contributed by atoms with Crippen molar-refractivity contribution in [2.24, 2.45) is 0 Å². The molecule has 1 amide bonds. The Kier molecular flexibility index (Phi) is 9.77. The molecule has 3 N–H and O–H groups in total. The minimum absolute atomic E-state index is 0.